The number of rotatable bonds is 6. The van der Waals surface area contributed by atoms with Crippen molar-refractivity contribution in [2.24, 2.45) is 5.92 Å². The van der Waals surface area contributed by atoms with Crippen molar-refractivity contribution in [3.8, 4) is 11.1 Å². The van der Waals surface area contributed by atoms with Crippen LogP contribution in [0.2, 0.25) is 0 Å². The third-order valence-corrected chi connectivity index (χ3v) is 7.46. The fourth-order valence-electron chi connectivity index (χ4n) is 4.39. The molecule has 0 bridgehead atoms. The van der Waals surface area contributed by atoms with Gasteiger partial charge in [0.15, 0.2) is 6.10 Å². The summed E-state index contributed by atoms with van der Waals surface area (Å²) in [6.07, 6.45) is -6.03. The molecule has 0 aromatic carbocycles. The number of nitrogens with zero attached hydrogens (tertiary/aromatic N) is 4. The Morgan fingerprint density at radius 3 is 2.50 bits per heavy atom. The summed E-state index contributed by atoms with van der Waals surface area (Å²) in [6, 6.07) is 1.22. The number of carbonyl (C=O) groups is 1. The van der Waals surface area contributed by atoms with Crippen molar-refractivity contribution in [3.05, 3.63) is 51.4 Å². The van der Waals surface area contributed by atoms with Gasteiger partial charge in [-0.15, -0.1) is 11.3 Å². The van der Waals surface area contributed by atoms with E-state index in [9.17, 15) is 28.2 Å². The number of halogens is 3. The lowest BCUT2D eigenvalue weighted by Gasteiger charge is -2.40. The van der Waals surface area contributed by atoms with Crippen LogP contribution in [0.4, 0.5) is 18.2 Å². The van der Waals surface area contributed by atoms with Gasteiger partial charge in [0.05, 0.1) is 11.3 Å². The summed E-state index contributed by atoms with van der Waals surface area (Å²) in [5.74, 6) is -0.286. The van der Waals surface area contributed by atoms with Crippen LogP contribution in [0, 0.1) is 19.8 Å². The molecule has 1 aliphatic rings. The van der Waals surface area contributed by atoms with E-state index in [2.05, 4.69) is 15.2 Å². The largest absolute Gasteiger partial charge is 0.418 e. The Labute approximate surface area is 210 Å². The van der Waals surface area contributed by atoms with Crippen molar-refractivity contribution in [3.63, 3.8) is 0 Å². The molecule has 0 saturated heterocycles. The van der Waals surface area contributed by atoms with Crippen LogP contribution in [-0.4, -0.2) is 62.3 Å². The van der Waals surface area contributed by atoms with Gasteiger partial charge < -0.3 is 15.1 Å². The van der Waals surface area contributed by atoms with Gasteiger partial charge in [0.2, 0.25) is 6.35 Å². The highest BCUT2D eigenvalue weighted by Crippen LogP contribution is 2.47. The number of amides is 1. The van der Waals surface area contributed by atoms with Crippen LogP contribution in [0.1, 0.15) is 57.7 Å². The molecular weight excluding hydrogens is 495 g/mol. The summed E-state index contributed by atoms with van der Waals surface area (Å²) in [5, 5.41) is 28.4. The number of fused-ring (bicyclic) bond motifs is 1. The highest BCUT2D eigenvalue weighted by molar-refractivity contribution is 7.17. The smallest absolute Gasteiger partial charge is 0.379 e. The number of anilines is 1. The van der Waals surface area contributed by atoms with E-state index in [0.29, 0.717) is 29.1 Å². The molecule has 3 aromatic heterocycles. The Kier molecular flexibility index (Phi) is 6.88. The number of nitrogens with one attached hydrogen (secondary N) is 1. The maximum atomic E-state index is 13.5. The van der Waals surface area contributed by atoms with Crippen LogP contribution in [-0.2, 0) is 6.42 Å². The summed E-state index contributed by atoms with van der Waals surface area (Å²) in [5.41, 5.74) is 3.12. The normalized spacial score (nSPS) is 17.2. The number of aliphatic hydroxyl groups excluding tert-OH is 2. The van der Waals surface area contributed by atoms with E-state index in [-0.39, 0.29) is 11.5 Å². The van der Waals surface area contributed by atoms with Crippen molar-refractivity contribution >= 4 is 22.2 Å². The average Bonchev–Trinajstić information content (AvgIpc) is 3.34. The quantitative estimate of drug-likeness (QED) is 0.448. The van der Waals surface area contributed by atoms with Crippen LogP contribution in [0.25, 0.3) is 11.1 Å². The van der Waals surface area contributed by atoms with E-state index in [1.807, 2.05) is 27.7 Å². The molecule has 0 aliphatic carbocycles. The average molecular weight is 524 g/mol. The number of aromatic nitrogens is 3. The number of thiophene rings is 1. The molecule has 1 amide bonds. The second kappa shape index (κ2) is 9.49. The number of aliphatic hydroxyl groups is 2. The van der Waals surface area contributed by atoms with Crippen LogP contribution < -0.4 is 4.90 Å². The van der Waals surface area contributed by atoms with Crippen LogP contribution in [0.3, 0.4) is 0 Å². The van der Waals surface area contributed by atoms with Crippen molar-refractivity contribution in [2.75, 3.05) is 18.5 Å². The Bertz CT molecular complexity index is 1270. The molecular formula is C24H28F3N5O3S. The summed E-state index contributed by atoms with van der Waals surface area (Å²) in [7, 11) is 1.48. The van der Waals surface area contributed by atoms with Gasteiger partial charge in [-0.1, -0.05) is 13.8 Å². The highest BCUT2D eigenvalue weighted by atomic mass is 32.1. The maximum absolute atomic E-state index is 13.5. The minimum Gasteiger partial charge on any atom is -0.379 e. The number of alkyl halides is 3. The highest BCUT2D eigenvalue weighted by Gasteiger charge is 2.42. The minimum atomic E-state index is -4.86. The fraction of sp³-hybridized carbons (Fsp3) is 0.458. The van der Waals surface area contributed by atoms with Gasteiger partial charge in [0, 0.05) is 65.2 Å². The second-order valence-corrected chi connectivity index (χ2v) is 10.5. The molecule has 36 heavy (non-hydrogen) atoms. The molecule has 194 valence electrons. The molecule has 2 unspecified atom stereocenters. The number of aryl methyl sites for hydroxylation is 2. The first kappa shape index (κ1) is 26.1. The Morgan fingerprint density at radius 1 is 1.22 bits per heavy atom. The topological polar surface area (TPSA) is 106 Å². The summed E-state index contributed by atoms with van der Waals surface area (Å²) in [6.45, 7) is 8.16. The first-order valence-electron chi connectivity index (χ1n) is 11.4. The van der Waals surface area contributed by atoms with E-state index in [1.165, 1.54) is 35.5 Å². The van der Waals surface area contributed by atoms with Gasteiger partial charge >= 0.3 is 6.18 Å². The third-order valence-electron chi connectivity index (χ3n) is 6.24. The van der Waals surface area contributed by atoms with Gasteiger partial charge in [0.25, 0.3) is 5.91 Å². The molecule has 0 fully saturated rings. The van der Waals surface area contributed by atoms with Gasteiger partial charge in [0.1, 0.15) is 5.00 Å². The molecule has 0 radical (unpaired) electrons. The lowest BCUT2D eigenvalue weighted by Crippen LogP contribution is -2.54. The maximum Gasteiger partial charge on any atom is 0.418 e. The zero-order valence-electron chi connectivity index (χ0n) is 20.5. The van der Waals surface area contributed by atoms with Crippen molar-refractivity contribution in [2.45, 2.75) is 52.7 Å². The van der Waals surface area contributed by atoms with E-state index >= 15 is 0 Å². The number of H-pyrrole nitrogens is 1. The molecule has 12 heteroatoms. The number of hydrogen-bond donors (Lipinski definition) is 3. The molecule has 2 atom stereocenters. The lowest BCUT2D eigenvalue weighted by molar-refractivity contribution is -0.206. The van der Waals surface area contributed by atoms with Crippen molar-refractivity contribution in [1.29, 1.82) is 0 Å². The van der Waals surface area contributed by atoms with E-state index in [1.54, 1.807) is 4.90 Å². The first-order valence-corrected chi connectivity index (χ1v) is 12.2. The number of aromatic amines is 1. The summed E-state index contributed by atoms with van der Waals surface area (Å²) in [4.78, 5) is 21.1. The fourth-order valence-corrected chi connectivity index (χ4v) is 5.74. The molecule has 3 N–H and O–H groups in total. The Morgan fingerprint density at radius 2 is 1.92 bits per heavy atom. The molecule has 4 heterocycles. The van der Waals surface area contributed by atoms with E-state index < -0.39 is 30.1 Å². The predicted octanol–water partition coefficient (Wildman–Crippen LogP) is 4.16. The SMILES string of the molecule is Cc1n[nH]c(C)c1Cc1sc2c(c1-c1cncc(C(O)C(F)(F)F)c1)C(=O)N(C)C(O)N2CC(C)C. The van der Waals surface area contributed by atoms with Gasteiger partial charge in [-0.05, 0) is 25.8 Å². The third kappa shape index (κ3) is 4.60. The standard InChI is InChI=1S/C24H28F3N5O3S/c1-11(2)10-32-22-19(21(34)31(5)23(32)35)18(17(36-22)7-16-12(3)29-30-13(16)4)14-6-15(9-28-8-14)20(33)24(25,26)27/h6,8-9,11,20,23,33,35H,7,10H2,1-5H3,(H,29,30). The van der Waals surface area contributed by atoms with Crippen molar-refractivity contribution in [1.82, 2.24) is 20.1 Å². The molecule has 8 nitrogen and oxygen atoms in total. The zero-order valence-corrected chi connectivity index (χ0v) is 21.3. The van der Waals surface area contributed by atoms with Gasteiger partial charge in [-0.3, -0.25) is 19.8 Å². The lowest BCUT2D eigenvalue weighted by atomic mass is 9.95. The predicted molar refractivity (Wildman–Crippen MR) is 130 cm³/mol. The monoisotopic (exact) mass is 523 g/mol. The van der Waals surface area contributed by atoms with Crippen LogP contribution >= 0.6 is 11.3 Å². The number of carbonyl (C=O) groups excluding carboxylic acids is 1. The van der Waals surface area contributed by atoms with Gasteiger partial charge in [-0.25, -0.2) is 0 Å². The van der Waals surface area contributed by atoms with Gasteiger partial charge in [-0.2, -0.15) is 18.3 Å². The summed E-state index contributed by atoms with van der Waals surface area (Å²) >= 11 is 1.32. The molecule has 0 saturated carbocycles. The molecule has 0 spiro atoms. The Hall–Kier alpha value is -2.96. The molecule has 3 aromatic rings. The molecule has 4 rings (SSSR count). The Balaban J connectivity index is 1.96. The van der Waals surface area contributed by atoms with E-state index in [4.69, 9.17) is 0 Å². The minimum absolute atomic E-state index is 0.161. The van der Waals surface area contributed by atoms with E-state index in [0.717, 1.165) is 28.0 Å². The second-order valence-electron chi connectivity index (χ2n) is 9.43. The van der Waals surface area contributed by atoms with Crippen LogP contribution in [0.15, 0.2) is 18.5 Å². The van der Waals surface area contributed by atoms with Crippen molar-refractivity contribution < 1.29 is 28.2 Å². The number of pyridine rings is 1. The van der Waals surface area contributed by atoms with Crippen LogP contribution in [0.5, 0.6) is 0 Å². The zero-order chi connectivity index (χ0) is 26.5. The summed E-state index contributed by atoms with van der Waals surface area (Å²) < 4.78 is 39.8. The molecule has 1 aliphatic heterocycles. The number of hydrogen-bond acceptors (Lipinski definition) is 7. The first-order chi connectivity index (χ1) is 16.8.